The van der Waals surface area contributed by atoms with Crippen LogP contribution < -0.4 is 0 Å². The molecule has 0 aromatic rings. The molecule has 0 spiro atoms. The third-order valence-corrected chi connectivity index (χ3v) is 8.05. The SMILES string of the molecule is CC/C=C\C/C=C\C/C=C\CCCCCCCCCC(=O)OC(COCCC(C(=O)O)[N+](C)(C)C)COC(=O)CCCCCCCC. The number of nitrogens with zero attached hydrogens (tertiary/aromatic N) is 1. The zero-order valence-corrected chi connectivity index (χ0v) is 30.7. The summed E-state index contributed by atoms with van der Waals surface area (Å²) in [5.74, 6) is -1.49. The highest BCUT2D eigenvalue weighted by Gasteiger charge is 2.31. The van der Waals surface area contributed by atoms with E-state index in [0.29, 0.717) is 19.3 Å². The summed E-state index contributed by atoms with van der Waals surface area (Å²) in [7, 11) is 5.50. The maximum absolute atomic E-state index is 12.6. The summed E-state index contributed by atoms with van der Waals surface area (Å²) >= 11 is 0. The van der Waals surface area contributed by atoms with E-state index in [1.165, 1.54) is 44.9 Å². The molecular formula is C39H70NO7+. The Morgan fingerprint density at radius 3 is 1.77 bits per heavy atom. The van der Waals surface area contributed by atoms with Gasteiger partial charge in [0.05, 0.1) is 34.4 Å². The molecule has 0 aliphatic rings. The van der Waals surface area contributed by atoms with Crippen LogP contribution in [0.2, 0.25) is 0 Å². The Balaban J connectivity index is 4.35. The van der Waals surface area contributed by atoms with Crippen molar-refractivity contribution >= 4 is 17.9 Å². The lowest BCUT2D eigenvalue weighted by Gasteiger charge is -2.31. The number of carboxylic acids is 1. The largest absolute Gasteiger partial charge is 0.477 e. The molecule has 0 radical (unpaired) electrons. The number of esters is 2. The third kappa shape index (κ3) is 29.4. The second kappa shape index (κ2) is 30.9. The van der Waals surface area contributed by atoms with Crippen LogP contribution in [-0.4, -0.2) is 80.6 Å². The van der Waals surface area contributed by atoms with Gasteiger partial charge < -0.3 is 23.8 Å². The highest BCUT2D eigenvalue weighted by molar-refractivity contribution is 5.72. The van der Waals surface area contributed by atoms with Crippen molar-refractivity contribution in [2.24, 2.45) is 0 Å². The van der Waals surface area contributed by atoms with E-state index in [9.17, 15) is 19.5 Å². The van der Waals surface area contributed by atoms with Crippen LogP contribution in [0.1, 0.15) is 142 Å². The molecule has 0 aromatic heterocycles. The van der Waals surface area contributed by atoms with Crippen molar-refractivity contribution in [3.05, 3.63) is 36.5 Å². The van der Waals surface area contributed by atoms with Gasteiger partial charge in [-0.3, -0.25) is 9.59 Å². The first-order chi connectivity index (χ1) is 22.6. The van der Waals surface area contributed by atoms with Crippen LogP contribution in [0.15, 0.2) is 36.5 Å². The fourth-order valence-corrected chi connectivity index (χ4v) is 5.16. The number of likely N-dealkylation sites (N-methyl/N-ethyl adjacent to an activating group) is 1. The van der Waals surface area contributed by atoms with E-state index in [1.54, 1.807) is 0 Å². The molecule has 0 rings (SSSR count). The van der Waals surface area contributed by atoms with E-state index < -0.39 is 18.1 Å². The molecule has 272 valence electrons. The summed E-state index contributed by atoms with van der Waals surface area (Å²) in [5.41, 5.74) is 0. The van der Waals surface area contributed by atoms with Gasteiger partial charge in [0.1, 0.15) is 6.61 Å². The van der Waals surface area contributed by atoms with Crippen molar-refractivity contribution in [1.82, 2.24) is 0 Å². The summed E-state index contributed by atoms with van der Waals surface area (Å²) in [5, 5.41) is 9.55. The first kappa shape index (κ1) is 44.5. The number of carbonyl (C=O) groups excluding carboxylic acids is 2. The molecule has 0 heterocycles. The lowest BCUT2D eigenvalue weighted by atomic mass is 10.1. The number of rotatable bonds is 32. The van der Waals surface area contributed by atoms with Crippen molar-refractivity contribution in [3.63, 3.8) is 0 Å². The van der Waals surface area contributed by atoms with Gasteiger partial charge in [0, 0.05) is 19.3 Å². The summed E-state index contributed by atoms with van der Waals surface area (Å²) in [6, 6.07) is -0.612. The van der Waals surface area contributed by atoms with Gasteiger partial charge in [0.2, 0.25) is 0 Å². The minimum Gasteiger partial charge on any atom is -0.477 e. The van der Waals surface area contributed by atoms with Crippen molar-refractivity contribution in [2.45, 2.75) is 154 Å². The molecule has 0 bridgehead atoms. The smallest absolute Gasteiger partial charge is 0.362 e. The summed E-state index contributed by atoms with van der Waals surface area (Å²) in [6.07, 6.45) is 32.0. The second-order valence-corrected chi connectivity index (χ2v) is 13.5. The molecule has 8 heteroatoms. The molecule has 0 saturated heterocycles. The van der Waals surface area contributed by atoms with E-state index in [1.807, 2.05) is 21.1 Å². The van der Waals surface area contributed by atoms with Crippen LogP contribution in [0.3, 0.4) is 0 Å². The van der Waals surface area contributed by atoms with Gasteiger partial charge in [-0.1, -0.05) is 115 Å². The Hall–Kier alpha value is -2.45. The number of hydrogen-bond donors (Lipinski definition) is 1. The maximum atomic E-state index is 12.6. The van der Waals surface area contributed by atoms with Crippen LogP contribution >= 0.6 is 0 Å². The van der Waals surface area contributed by atoms with Crippen LogP contribution in [-0.2, 0) is 28.6 Å². The molecule has 8 nitrogen and oxygen atoms in total. The molecular weight excluding hydrogens is 594 g/mol. The summed E-state index contributed by atoms with van der Waals surface area (Å²) < 4.78 is 17.1. The second-order valence-electron chi connectivity index (χ2n) is 13.5. The monoisotopic (exact) mass is 665 g/mol. The molecule has 47 heavy (non-hydrogen) atoms. The van der Waals surface area contributed by atoms with E-state index in [2.05, 4.69) is 50.3 Å². The number of hydrogen-bond acceptors (Lipinski definition) is 6. The topological polar surface area (TPSA) is 99.1 Å². The van der Waals surface area contributed by atoms with Gasteiger partial charge in [0.15, 0.2) is 12.1 Å². The quantitative estimate of drug-likeness (QED) is 0.0331. The molecule has 2 unspecified atom stereocenters. The molecule has 0 fully saturated rings. The predicted octanol–water partition coefficient (Wildman–Crippen LogP) is 9.13. The number of allylic oxidation sites excluding steroid dienone is 6. The van der Waals surface area contributed by atoms with Gasteiger partial charge in [-0.15, -0.1) is 0 Å². The number of quaternary nitrogens is 1. The van der Waals surface area contributed by atoms with E-state index in [4.69, 9.17) is 14.2 Å². The first-order valence-corrected chi connectivity index (χ1v) is 18.5. The minimum atomic E-state index is -0.879. The molecule has 0 amide bonds. The van der Waals surface area contributed by atoms with Gasteiger partial charge in [-0.25, -0.2) is 4.79 Å². The number of carbonyl (C=O) groups is 3. The Bertz CT molecular complexity index is 875. The number of unbranched alkanes of at least 4 members (excludes halogenated alkanes) is 12. The van der Waals surface area contributed by atoms with Crippen LogP contribution in [0.5, 0.6) is 0 Å². The van der Waals surface area contributed by atoms with Crippen LogP contribution in [0.25, 0.3) is 0 Å². The van der Waals surface area contributed by atoms with Crippen LogP contribution in [0, 0.1) is 0 Å². The van der Waals surface area contributed by atoms with E-state index in [-0.39, 0.29) is 36.2 Å². The fraction of sp³-hybridized carbons (Fsp3) is 0.769. The van der Waals surface area contributed by atoms with E-state index >= 15 is 0 Å². The average Bonchev–Trinajstić information content (AvgIpc) is 3.01. The fourth-order valence-electron chi connectivity index (χ4n) is 5.16. The van der Waals surface area contributed by atoms with Crippen molar-refractivity contribution in [3.8, 4) is 0 Å². The van der Waals surface area contributed by atoms with Crippen molar-refractivity contribution < 1.29 is 38.2 Å². The Kier molecular flexibility index (Phi) is 29.2. The Morgan fingerprint density at radius 1 is 0.660 bits per heavy atom. The first-order valence-electron chi connectivity index (χ1n) is 18.5. The maximum Gasteiger partial charge on any atom is 0.362 e. The zero-order chi connectivity index (χ0) is 35.0. The lowest BCUT2D eigenvalue weighted by molar-refractivity contribution is -0.887. The number of carboxylic acid groups (broad SMARTS) is 1. The van der Waals surface area contributed by atoms with Gasteiger partial charge >= 0.3 is 17.9 Å². The molecule has 2 atom stereocenters. The normalized spacial score (nSPS) is 13.5. The Labute approximate surface area is 287 Å². The van der Waals surface area contributed by atoms with Crippen molar-refractivity contribution in [2.75, 3.05) is 41.0 Å². The molecule has 1 N–H and O–H groups in total. The zero-order valence-electron chi connectivity index (χ0n) is 30.7. The molecule has 0 aromatic carbocycles. The highest BCUT2D eigenvalue weighted by Crippen LogP contribution is 2.13. The minimum absolute atomic E-state index is 0.0549. The van der Waals surface area contributed by atoms with Gasteiger partial charge in [0.25, 0.3) is 0 Å². The number of aliphatic carboxylic acids is 1. The van der Waals surface area contributed by atoms with Crippen molar-refractivity contribution in [1.29, 1.82) is 0 Å². The number of ether oxygens (including phenoxy) is 3. The molecule has 0 aliphatic heterocycles. The lowest BCUT2D eigenvalue weighted by Crippen LogP contribution is -2.50. The Morgan fingerprint density at radius 2 is 1.19 bits per heavy atom. The van der Waals surface area contributed by atoms with Gasteiger partial charge in [-0.05, 0) is 44.9 Å². The summed E-state index contributed by atoms with van der Waals surface area (Å²) in [4.78, 5) is 36.5. The standard InChI is InChI=1S/C39H69NO7/c1-6-8-10-12-14-15-16-17-18-19-20-21-22-23-24-26-28-30-38(42)47-35(33-45-32-31-36(39(43)44)40(3,4)5)34-46-37(41)29-27-25-13-11-9-7-2/h8,10,14-15,17-18,35-36H,6-7,9,11-13,16,19-34H2,1-5H3/p+1/b10-8-,15-14-,18-17-. The molecule has 0 saturated carbocycles. The highest BCUT2D eigenvalue weighted by atomic mass is 16.6. The van der Waals surface area contributed by atoms with E-state index in [0.717, 1.165) is 64.2 Å². The van der Waals surface area contributed by atoms with Crippen LogP contribution in [0.4, 0.5) is 0 Å². The third-order valence-electron chi connectivity index (χ3n) is 8.05. The van der Waals surface area contributed by atoms with Gasteiger partial charge in [-0.2, -0.15) is 0 Å². The average molecular weight is 665 g/mol. The summed E-state index contributed by atoms with van der Waals surface area (Å²) in [6.45, 7) is 4.53. The molecule has 0 aliphatic carbocycles. The predicted molar refractivity (Wildman–Crippen MR) is 192 cm³/mol.